The minimum absolute atomic E-state index is 0.0452. The van der Waals surface area contributed by atoms with Crippen LogP contribution in [0.15, 0.2) is 22.8 Å². The summed E-state index contributed by atoms with van der Waals surface area (Å²) in [6, 6.07) is 3.56. The lowest BCUT2D eigenvalue weighted by Crippen LogP contribution is -2.66. The fourth-order valence-electron chi connectivity index (χ4n) is 3.12. The van der Waals surface area contributed by atoms with E-state index >= 15 is 0 Å². The van der Waals surface area contributed by atoms with Crippen molar-refractivity contribution in [3.05, 3.63) is 34.3 Å². The normalized spacial score (nSPS) is 20.1. The van der Waals surface area contributed by atoms with Crippen LogP contribution >= 0.6 is 0 Å². The van der Waals surface area contributed by atoms with Crippen molar-refractivity contribution in [1.29, 1.82) is 0 Å². The third-order valence-electron chi connectivity index (χ3n) is 4.21. The molecular weight excluding hydrogens is 342 g/mol. The first-order chi connectivity index (χ1) is 12.4. The van der Waals surface area contributed by atoms with Crippen LogP contribution in [0.3, 0.4) is 0 Å². The Balaban J connectivity index is 2.13. The van der Waals surface area contributed by atoms with Crippen LogP contribution in [-0.2, 0) is 16.1 Å². The molecule has 2 unspecified atom stereocenters. The molecule has 26 heavy (non-hydrogen) atoms. The van der Waals surface area contributed by atoms with E-state index in [-0.39, 0.29) is 17.8 Å². The van der Waals surface area contributed by atoms with Gasteiger partial charge in [-0.2, -0.15) is 5.01 Å². The average Bonchev–Trinajstić information content (AvgIpc) is 3.07. The number of hydrogen-bond acceptors (Lipinski definition) is 8. The summed E-state index contributed by atoms with van der Waals surface area (Å²) in [6.45, 7) is 7.44. The molecule has 0 aromatic carbocycles. The highest BCUT2D eigenvalue weighted by atomic mass is 16.7. The van der Waals surface area contributed by atoms with E-state index in [0.717, 1.165) is 0 Å². The van der Waals surface area contributed by atoms with Gasteiger partial charge in [-0.05, 0) is 42.2 Å². The molecule has 1 aliphatic rings. The van der Waals surface area contributed by atoms with Crippen molar-refractivity contribution in [1.82, 2.24) is 21.2 Å². The molecular formula is C16H27N5O5. The monoisotopic (exact) mass is 369 g/mol. The first-order valence-electron chi connectivity index (χ1n) is 8.78. The Labute approximate surface area is 152 Å². The number of carbonyl (C=O) groups excluding carboxylic acids is 1. The van der Waals surface area contributed by atoms with Crippen LogP contribution in [0.4, 0.5) is 0 Å². The number of nitrogens with one attached hydrogen (secondary N) is 2. The molecule has 146 valence electrons. The number of nitrogens with zero attached hydrogens (tertiary/aromatic N) is 3. The quantitative estimate of drug-likeness (QED) is 0.378. The van der Waals surface area contributed by atoms with Gasteiger partial charge in [0.15, 0.2) is 5.03 Å². The molecule has 0 radical (unpaired) electrons. The summed E-state index contributed by atoms with van der Waals surface area (Å²) in [7, 11) is 0. The third-order valence-corrected chi connectivity index (χ3v) is 4.21. The summed E-state index contributed by atoms with van der Waals surface area (Å²) in [6.07, 6.45) is 2.25. The molecule has 0 aliphatic carbocycles. The molecule has 1 aromatic heterocycles. The van der Waals surface area contributed by atoms with Crippen LogP contribution in [0, 0.1) is 27.9 Å². The first-order valence-corrected chi connectivity index (χ1v) is 8.78. The van der Waals surface area contributed by atoms with Gasteiger partial charge in [-0.1, -0.05) is 13.8 Å². The van der Waals surface area contributed by atoms with E-state index < -0.39 is 5.03 Å². The summed E-state index contributed by atoms with van der Waals surface area (Å²) < 4.78 is 10.6. The molecule has 2 heterocycles. The largest absolute Gasteiger partial charge is 0.468 e. The van der Waals surface area contributed by atoms with Crippen molar-refractivity contribution in [3.63, 3.8) is 0 Å². The molecule has 2 atom stereocenters. The second kappa shape index (κ2) is 9.51. The van der Waals surface area contributed by atoms with E-state index in [9.17, 15) is 14.9 Å². The Morgan fingerprint density at radius 1 is 1.58 bits per heavy atom. The van der Waals surface area contributed by atoms with Gasteiger partial charge in [0, 0.05) is 19.0 Å². The Hall–Kier alpha value is -2.17. The fraction of sp³-hybridized carbons (Fsp3) is 0.688. The van der Waals surface area contributed by atoms with Gasteiger partial charge in [-0.15, -0.1) is 0 Å². The van der Waals surface area contributed by atoms with Gasteiger partial charge >= 0.3 is 5.97 Å². The van der Waals surface area contributed by atoms with Crippen molar-refractivity contribution < 1.29 is 19.0 Å². The number of hydrazine groups is 4. The molecule has 1 aliphatic heterocycles. The van der Waals surface area contributed by atoms with Gasteiger partial charge in [-0.3, -0.25) is 4.79 Å². The maximum atomic E-state index is 12.4. The van der Waals surface area contributed by atoms with Gasteiger partial charge < -0.3 is 9.15 Å². The van der Waals surface area contributed by atoms with Gasteiger partial charge in [-0.25, -0.2) is 15.5 Å². The second-order valence-corrected chi connectivity index (χ2v) is 6.71. The smallest absolute Gasteiger partial charge is 0.309 e. The number of hydrogen-bond donors (Lipinski definition) is 2. The second-order valence-electron chi connectivity index (χ2n) is 6.71. The molecule has 0 bridgehead atoms. The number of furan rings is 1. The first kappa shape index (κ1) is 20.1. The summed E-state index contributed by atoms with van der Waals surface area (Å²) in [5.74, 6) is 0.453. The van der Waals surface area contributed by atoms with E-state index in [2.05, 4.69) is 24.8 Å². The summed E-state index contributed by atoms with van der Waals surface area (Å²) >= 11 is 0. The molecule has 1 saturated heterocycles. The van der Waals surface area contributed by atoms with Crippen LogP contribution in [-0.4, -0.2) is 40.9 Å². The Morgan fingerprint density at radius 2 is 2.35 bits per heavy atom. The van der Waals surface area contributed by atoms with Crippen molar-refractivity contribution >= 4 is 5.97 Å². The number of nitro groups is 1. The van der Waals surface area contributed by atoms with Gasteiger partial charge in [0.05, 0.1) is 25.3 Å². The highest BCUT2D eigenvalue weighted by Crippen LogP contribution is 2.26. The van der Waals surface area contributed by atoms with Crippen LogP contribution in [0.25, 0.3) is 0 Å². The molecule has 2 N–H and O–H groups in total. The lowest BCUT2D eigenvalue weighted by molar-refractivity contribution is -0.599. The fourth-order valence-corrected chi connectivity index (χ4v) is 3.12. The highest BCUT2D eigenvalue weighted by Gasteiger charge is 2.37. The van der Waals surface area contributed by atoms with E-state index in [4.69, 9.17) is 9.15 Å². The third kappa shape index (κ3) is 5.68. The van der Waals surface area contributed by atoms with E-state index in [1.54, 1.807) is 30.3 Å². The number of esters is 1. The minimum Gasteiger partial charge on any atom is -0.468 e. The molecule has 0 amide bonds. The van der Waals surface area contributed by atoms with Crippen LogP contribution in [0.2, 0.25) is 0 Å². The number of carbonyl (C=O) groups is 1. The zero-order chi connectivity index (χ0) is 19.1. The van der Waals surface area contributed by atoms with E-state index in [1.165, 1.54) is 5.23 Å². The SMILES string of the molecule is CCOC(=O)C(CC(C)C)C1CNN(N[N+](=O)[O-])N(Cc2ccco2)C1. The predicted octanol–water partition coefficient (Wildman–Crippen LogP) is 1.35. The van der Waals surface area contributed by atoms with Crippen molar-refractivity contribution in [3.8, 4) is 0 Å². The van der Waals surface area contributed by atoms with Gasteiger partial charge in [0.1, 0.15) is 5.76 Å². The summed E-state index contributed by atoms with van der Waals surface area (Å²) in [5, 5.41) is 13.2. The van der Waals surface area contributed by atoms with Crippen LogP contribution < -0.4 is 11.0 Å². The molecule has 1 aromatic rings. The van der Waals surface area contributed by atoms with Gasteiger partial charge in [0.25, 0.3) is 0 Å². The van der Waals surface area contributed by atoms with Crippen LogP contribution in [0.5, 0.6) is 0 Å². The molecule has 10 heteroatoms. The van der Waals surface area contributed by atoms with E-state index in [0.29, 0.717) is 44.3 Å². The van der Waals surface area contributed by atoms with Crippen molar-refractivity contribution in [2.45, 2.75) is 33.7 Å². The Kier molecular flexibility index (Phi) is 7.37. The lowest BCUT2D eigenvalue weighted by Gasteiger charge is -2.41. The van der Waals surface area contributed by atoms with Crippen molar-refractivity contribution in [2.75, 3.05) is 19.7 Å². The maximum absolute atomic E-state index is 12.4. The Morgan fingerprint density at radius 3 is 2.92 bits per heavy atom. The average molecular weight is 369 g/mol. The summed E-state index contributed by atoms with van der Waals surface area (Å²) in [4.78, 5) is 23.3. The van der Waals surface area contributed by atoms with E-state index in [1.807, 2.05) is 0 Å². The topological polar surface area (TPSA) is 113 Å². The predicted molar refractivity (Wildman–Crippen MR) is 92.2 cm³/mol. The highest BCUT2D eigenvalue weighted by molar-refractivity contribution is 5.72. The number of ether oxygens (including phenoxy) is 1. The zero-order valence-electron chi connectivity index (χ0n) is 15.4. The zero-order valence-corrected chi connectivity index (χ0v) is 15.4. The van der Waals surface area contributed by atoms with Crippen molar-refractivity contribution in [2.24, 2.45) is 17.8 Å². The summed E-state index contributed by atoms with van der Waals surface area (Å²) in [5.41, 5.74) is 5.08. The molecule has 0 spiro atoms. The number of rotatable bonds is 9. The van der Waals surface area contributed by atoms with Crippen LogP contribution in [0.1, 0.15) is 33.0 Å². The lowest BCUT2D eigenvalue weighted by atomic mass is 9.84. The molecule has 2 rings (SSSR count). The molecule has 0 saturated carbocycles. The molecule has 10 nitrogen and oxygen atoms in total. The standard InChI is InChI=1S/C16H27N5O5/c1-4-25-16(22)15(8-12(2)3)13-9-17-20(18-21(23)24)19(10-13)11-14-6-5-7-26-14/h5-7,12-13,15,17-18H,4,8-11H2,1-3H3. The van der Waals surface area contributed by atoms with Gasteiger partial charge in [0.2, 0.25) is 0 Å². The Bertz CT molecular complexity index is 580. The molecule has 1 fully saturated rings. The minimum atomic E-state index is -0.639. The maximum Gasteiger partial charge on any atom is 0.309 e.